The molecule has 2 aromatic heterocycles. The molecule has 2 heterocycles. The van der Waals surface area contributed by atoms with Gasteiger partial charge in [0.05, 0.1) is 5.39 Å². The van der Waals surface area contributed by atoms with Crippen molar-refractivity contribution in [3.8, 4) is 0 Å². The van der Waals surface area contributed by atoms with E-state index in [0.717, 1.165) is 11.1 Å². The molecule has 0 saturated carbocycles. The second-order valence-electron chi connectivity index (χ2n) is 3.80. The zero-order valence-electron chi connectivity index (χ0n) is 9.60. The molecule has 5 heteroatoms. The molecule has 0 aliphatic heterocycles. The van der Waals surface area contributed by atoms with E-state index >= 15 is 0 Å². The molecule has 90 valence electrons. The van der Waals surface area contributed by atoms with Gasteiger partial charge in [-0.15, -0.1) is 11.3 Å². The summed E-state index contributed by atoms with van der Waals surface area (Å²) in [5, 5.41) is 5.32. The van der Waals surface area contributed by atoms with E-state index in [-0.39, 0.29) is 18.0 Å². The Labute approximate surface area is 103 Å². The summed E-state index contributed by atoms with van der Waals surface area (Å²) >= 11 is 1.53. The van der Waals surface area contributed by atoms with Crippen molar-refractivity contribution in [1.29, 1.82) is 0 Å². The maximum Gasteiger partial charge on any atom is 0.259 e. The number of carbonyl (C=O) groups excluding carboxylic acids is 1. The molecule has 0 aliphatic carbocycles. The van der Waals surface area contributed by atoms with E-state index in [1.807, 2.05) is 18.4 Å². The monoisotopic (exact) mass is 250 g/mol. The molecule has 0 fully saturated rings. The van der Waals surface area contributed by atoms with E-state index in [1.165, 1.54) is 15.9 Å². The highest BCUT2D eigenvalue weighted by Crippen LogP contribution is 2.15. The topological polar surface area (TPSA) is 51.1 Å². The minimum atomic E-state index is -0.122. The van der Waals surface area contributed by atoms with Crippen LogP contribution in [0.5, 0.6) is 0 Å². The molecule has 0 atom stereocenters. The predicted molar refractivity (Wildman–Crippen MR) is 69.4 cm³/mol. The van der Waals surface area contributed by atoms with Crippen molar-refractivity contribution in [1.82, 2.24) is 9.88 Å². The van der Waals surface area contributed by atoms with Gasteiger partial charge in [-0.05, 0) is 23.9 Å². The Morgan fingerprint density at radius 2 is 2.29 bits per heavy atom. The average molecular weight is 250 g/mol. The smallest absolute Gasteiger partial charge is 0.259 e. The maximum absolute atomic E-state index is 12.0. The van der Waals surface area contributed by atoms with E-state index in [4.69, 9.17) is 0 Å². The van der Waals surface area contributed by atoms with Gasteiger partial charge in [-0.2, -0.15) is 0 Å². The van der Waals surface area contributed by atoms with Gasteiger partial charge in [0.2, 0.25) is 5.91 Å². The number of nitrogens with one attached hydrogen (secondary N) is 1. The van der Waals surface area contributed by atoms with E-state index in [2.05, 4.69) is 5.32 Å². The molecule has 0 unspecified atom stereocenters. The summed E-state index contributed by atoms with van der Waals surface area (Å²) in [6, 6.07) is 3.66. The highest BCUT2D eigenvalue weighted by Gasteiger charge is 2.06. The van der Waals surface area contributed by atoms with Crippen molar-refractivity contribution in [3.05, 3.63) is 34.1 Å². The third-order valence-corrected chi connectivity index (χ3v) is 3.36. The third kappa shape index (κ3) is 2.55. The van der Waals surface area contributed by atoms with Crippen LogP contribution in [0.15, 0.2) is 28.5 Å². The van der Waals surface area contributed by atoms with Gasteiger partial charge >= 0.3 is 0 Å². The largest absolute Gasteiger partial charge is 0.355 e. The van der Waals surface area contributed by atoms with Crippen LogP contribution in [0, 0.1) is 0 Å². The highest BCUT2D eigenvalue weighted by molar-refractivity contribution is 7.17. The molecule has 0 saturated heterocycles. The molecule has 0 spiro atoms. The summed E-state index contributed by atoms with van der Waals surface area (Å²) in [7, 11) is 0. The number of fused-ring (bicyclic) bond motifs is 1. The summed E-state index contributed by atoms with van der Waals surface area (Å²) in [4.78, 5) is 23.5. The molecule has 1 amide bonds. The van der Waals surface area contributed by atoms with Gasteiger partial charge in [-0.25, -0.2) is 0 Å². The first-order valence-corrected chi connectivity index (χ1v) is 6.43. The molecule has 17 heavy (non-hydrogen) atoms. The molecule has 1 N–H and O–H groups in total. The Morgan fingerprint density at radius 1 is 1.47 bits per heavy atom. The Bertz CT molecular complexity index is 585. The average Bonchev–Trinajstić information content (AvgIpc) is 2.79. The van der Waals surface area contributed by atoms with E-state index in [9.17, 15) is 9.59 Å². The third-order valence-electron chi connectivity index (χ3n) is 2.48. The van der Waals surface area contributed by atoms with Crippen LogP contribution < -0.4 is 10.9 Å². The molecule has 0 aromatic carbocycles. The Kier molecular flexibility index (Phi) is 3.58. The Balaban J connectivity index is 2.21. The lowest BCUT2D eigenvalue weighted by molar-refractivity contribution is -0.121. The molecular formula is C12H14N2O2S. The lowest BCUT2D eigenvalue weighted by atomic mass is 10.3. The number of pyridine rings is 1. The normalized spacial score (nSPS) is 10.6. The molecule has 0 bridgehead atoms. The van der Waals surface area contributed by atoms with Gasteiger partial charge < -0.3 is 9.88 Å². The Hall–Kier alpha value is -1.62. The summed E-state index contributed by atoms with van der Waals surface area (Å²) in [5.74, 6) is -0.122. The summed E-state index contributed by atoms with van der Waals surface area (Å²) in [6.45, 7) is 2.72. The number of hydrogen-bond donors (Lipinski definition) is 1. The molecule has 2 aromatic rings. The lowest BCUT2D eigenvalue weighted by Crippen LogP contribution is -2.32. The standard InChI is InChI=1S/C12H14N2O2S/c1-2-5-13-11(15)8-14-6-3-10-9(12(14)16)4-7-17-10/h3-4,6-7H,2,5,8H2,1H3,(H,13,15). The zero-order chi connectivity index (χ0) is 12.3. The van der Waals surface area contributed by atoms with Crippen LogP contribution in [0.25, 0.3) is 10.1 Å². The van der Waals surface area contributed by atoms with Crippen LogP contribution in [-0.4, -0.2) is 17.0 Å². The van der Waals surface area contributed by atoms with Gasteiger partial charge in [0, 0.05) is 17.4 Å². The number of nitrogens with zero attached hydrogens (tertiary/aromatic N) is 1. The van der Waals surface area contributed by atoms with Crippen LogP contribution >= 0.6 is 11.3 Å². The number of aromatic nitrogens is 1. The van der Waals surface area contributed by atoms with Crippen molar-refractivity contribution in [2.75, 3.05) is 6.54 Å². The van der Waals surface area contributed by atoms with Crippen molar-refractivity contribution < 1.29 is 4.79 Å². The maximum atomic E-state index is 12.0. The number of rotatable bonds is 4. The van der Waals surface area contributed by atoms with Crippen LogP contribution in [0.1, 0.15) is 13.3 Å². The predicted octanol–water partition coefficient (Wildman–Crippen LogP) is 1.59. The van der Waals surface area contributed by atoms with Crippen molar-refractivity contribution >= 4 is 27.3 Å². The fraction of sp³-hybridized carbons (Fsp3) is 0.333. The van der Waals surface area contributed by atoms with Gasteiger partial charge in [-0.1, -0.05) is 6.92 Å². The second kappa shape index (κ2) is 5.14. The number of hydrogen-bond acceptors (Lipinski definition) is 3. The van der Waals surface area contributed by atoms with Crippen LogP contribution in [0.4, 0.5) is 0 Å². The van der Waals surface area contributed by atoms with E-state index in [1.54, 1.807) is 12.3 Å². The summed E-state index contributed by atoms with van der Waals surface area (Å²) in [5.41, 5.74) is -0.101. The number of thiophene rings is 1. The molecule has 4 nitrogen and oxygen atoms in total. The number of amides is 1. The first kappa shape index (κ1) is 11.9. The van der Waals surface area contributed by atoms with Gasteiger partial charge in [0.1, 0.15) is 6.54 Å². The molecule has 2 rings (SSSR count). The Morgan fingerprint density at radius 3 is 3.06 bits per heavy atom. The fourth-order valence-corrected chi connectivity index (χ4v) is 2.38. The van der Waals surface area contributed by atoms with E-state index in [0.29, 0.717) is 11.9 Å². The quantitative estimate of drug-likeness (QED) is 0.896. The first-order chi connectivity index (χ1) is 8.22. The van der Waals surface area contributed by atoms with Crippen LogP contribution in [-0.2, 0) is 11.3 Å². The van der Waals surface area contributed by atoms with Crippen LogP contribution in [0.2, 0.25) is 0 Å². The summed E-state index contributed by atoms with van der Waals surface area (Å²) < 4.78 is 2.40. The van der Waals surface area contributed by atoms with Gasteiger partial charge in [0.25, 0.3) is 5.56 Å². The van der Waals surface area contributed by atoms with Gasteiger partial charge in [-0.3, -0.25) is 9.59 Å². The van der Waals surface area contributed by atoms with Crippen LogP contribution in [0.3, 0.4) is 0 Å². The zero-order valence-corrected chi connectivity index (χ0v) is 10.4. The van der Waals surface area contributed by atoms with Crippen molar-refractivity contribution in [2.45, 2.75) is 19.9 Å². The van der Waals surface area contributed by atoms with E-state index < -0.39 is 0 Å². The fourth-order valence-electron chi connectivity index (χ4n) is 1.61. The molecule has 0 radical (unpaired) electrons. The summed E-state index contributed by atoms with van der Waals surface area (Å²) in [6.07, 6.45) is 2.57. The second-order valence-corrected chi connectivity index (χ2v) is 4.74. The number of carbonyl (C=O) groups is 1. The lowest BCUT2D eigenvalue weighted by Gasteiger charge is -2.06. The minimum absolute atomic E-state index is 0.0879. The molecule has 0 aliphatic rings. The highest BCUT2D eigenvalue weighted by atomic mass is 32.1. The SMILES string of the molecule is CCCNC(=O)Cn1ccc2sccc2c1=O. The van der Waals surface area contributed by atoms with Crippen molar-refractivity contribution in [2.24, 2.45) is 0 Å². The molecular weight excluding hydrogens is 236 g/mol. The minimum Gasteiger partial charge on any atom is -0.355 e. The van der Waals surface area contributed by atoms with Gasteiger partial charge in [0.15, 0.2) is 0 Å². The first-order valence-electron chi connectivity index (χ1n) is 5.55. The van der Waals surface area contributed by atoms with Crippen molar-refractivity contribution in [3.63, 3.8) is 0 Å².